The zero-order chi connectivity index (χ0) is 27.1. The van der Waals surface area contributed by atoms with Crippen LogP contribution in [0.25, 0.3) is 0 Å². The first-order chi connectivity index (χ1) is 16.5. The zero-order valence-electron chi connectivity index (χ0n) is 20.3. The molecule has 0 saturated heterocycles. The average molecular weight is 519 g/mol. The second-order valence-electron chi connectivity index (χ2n) is 10.4. The Morgan fingerprint density at radius 3 is 2.42 bits per heavy atom. The van der Waals surface area contributed by atoms with Crippen molar-refractivity contribution in [2.45, 2.75) is 89.0 Å². The first-order valence-corrected chi connectivity index (χ1v) is 12.0. The second-order valence-corrected chi connectivity index (χ2v) is 10.4. The van der Waals surface area contributed by atoms with E-state index >= 15 is 0 Å². The van der Waals surface area contributed by atoms with Crippen LogP contribution in [0.15, 0.2) is 47.1 Å². The summed E-state index contributed by atoms with van der Waals surface area (Å²) in [7, 11) is 0. The van der Waals surface area contributed by atoms with Crippen LogP contribution in [0.1, 0.15) is 58.8 Å². The Balaban J connectivity index is 1.78. The summed E-state index contributed by atoms with van der Waals surface area (Å²) < 4.78 is 77.4. The fourth-order valence-corrected chi connectivity index (χ4v) is 5.83. The van der Waals surface area contributed by atoms with Crippen LogP contribution in [0, 0.1) is 29.1 Å². The average Bonchev–Trinajstić information content (AvgIpc) is 3.11. The molecule has 0 spiro atoms. The van der Waals surface area contributed by atoms with Gasteiger partial charge in [-0.25, -0.2) is 0 Å². The molecule has 0 aromatic carbocycles. The highest BCUT2D eigenvalue weighted by Crippen LogP contribution is 2.57. The molecule has 3 aliphatic rings. The van der Waals surface area contributed by atoms with E-state index in [2.05, 4.69) is 13.5 Å². The minimum atomic E-state index is -5.96. The summed E-state index contributed by atoms with van der Waals surface area (Å²) in [6, 6.07) is 0. The molecule has 0 bridgehead atoms. The molecular weight excluding hydrogens is 486 g/mol. The van der Waals surface area contributed by atoms with Gasteiger partial charge in [0.2, 0.25) is 0 Å². The Labute approximate surface area is 207 Å². The number of hydrogen-bond donors (Lipinski definition) is 3. The number of halogens is 6. The molecule has 200 valence electrons. The molecule has 2 unspecified atom stereocenters. The molecule has 3 N–H and O–H groups in total. The van der Waals surface area contributed by atoms with Crippen molar-refractivity contribution in [3.63, 3.8) is 0 Å². The standard InChI is InChI=1S/C27H32F6O3/c1-16(6-4-13-25(36,26(28,29)30)27(31,32)33)21-10-11-22-18(7-5-12-24(21,22)3)8-9-19-14-20(34)15-23(35)17(19)2/h8-10,16,20,22-23,34-36H,2,5-7,11-12,14-15H2,1,3H3/b18-8+,19-9-/t16?,20-,22+,23+,24?/m1/s1. The number of hydrogen-bond acceptors (Lipinski definition) is 3. The number of fused-ring (bicyclic) bond motifs is 1. The number of rotatable bonds is 3. The Hall–Kier alpha value is -2.02. The maximum atomic E-state index is 12.9. The summed E-state index contributed by atoms with van der Waals surface area (Å²) in [6.07, 6.45) is -3.80. The topological polar surface area (TPSA) is 60.7 Å². The molecule has 0 aromatic rings. The molecule has 3 aliphatic carbocycles. The fourth-order valence-electron chi connectivity index (χ4n) is 5.83. The van der Waals surface area contributed by atoms with Crippen LogP contribution in [-0.4, -0.2) is 45.5 Å². The van der Waals surface area contributed by atoms with Crippen LogP contribution < -0.4 is 0 Å². The van der Waals surface area contributed by atoms with E-state index in [4.69, 9.17) is 0 Å². The van der Waals surface area contributed by atoms with Gasteiger partial charge in [-0.15, -0.1) is 0 Å². The van der Waals surface area contributed by atoms with Crippen LogP contribution in [-0.2, 0) is 0 Å². The third-order valence-corrected chi connectivity index (χ3v) is 7.90. The first-order valence-electron chi connectivity index (χ1n) is 12.0. The van der Waals surface area contributed by atoms with E-state index in [0.29, 0.717) is 18.4 Å². The fraction of sp³-hybridized carbons (Fsp3) is 0.630. The van der Waals surface area contributed by atoms with Crippen LogP contribution in [0.2, 0.25) is 0 Å². The lowest BCUT2D eigenvalue weighted by Crippen LogP contribution is -2.55. The van der Waals surface area contributed by atoms with Crippen LogP contribution in [0.5, 0.6) is 0 Å². The van der Waals surface area contributed by atoms with Crippen molar-refractivity contribution in [2.24, 2.45) is 17.3 Å². The summed E-state index contributed by atoms with van der Waals surface area (Å²) in [5, 5.41) is 29.3. The molecule has 3 rings (SSSR count). The van der Waals surface area contributed by atoms with Gasteiger partial charge < -0.3 is 15.3 Å². The predicted octanol–water partition coefficient (Wildman–Crippen LogP) is 5.93. The normalized spacial score (nSPS) is 32.7. The van der Waals surface area contributed by atoms with Crippen molar-refractivity contribution >= 4 is 0 Å². The van der Waals surface area contributed by atoms with E-state index in [1.54, 1.807) is 6.92 Å². The van der Waals surface area contributed by atoms with E-state index in [9.17, 15) is 41.7 Å². The summed E-state index contributed by atoms with van der Waals surface area (Å²) in [5.74, 6) is 2.75. The number of allylic oxidation sites excluding steroid dienone is 5. The molecule has 0 heterocycles. The zero-order valence-corrected chi connectivity index (χ0v) is 20.3. The van der Waals surface area contributed by atoms with E-state index in [0.717, 1.165) is 36.3 Å². The SMILES string of the molecule is C=C1/C(=C\C=C2/CCCC3(C)C(C(C)CC#CC(O)(C(F)(F)F)C(F)(F)F)=CC[C@@H]23)C[C@@H](O)C[C@@H]1O. The highest BCUT2D eigenvalue weighted by molar-refractivity contribution is 5.40. The smallest absolute Gasteiger partial charge is 0.393 e. The molecule has 0 aromatic heterocycles. The molecule has 36 heavy (non-hydrogen) atoms. The van der Waals surface area contributed by atoms with E-state index in [-0.39, 0.29) is 30.1 Å². The van der Waals surface area contributed by atoms with E-state index in [1.807, 2.05) is 24.1 Å². The van der Waals surface area contributed by atoms with Gasteiger partial charge in [0.25, 0.3) is 0 Å². The minimum absolute atomic E-state index is 0.127. The lowest BCUT2D eigenvalue weighted by molar-refractivity contribution is -0.343. The van der Waals surface area contributed by atoms with Crippen LogP contribution in [0.3, 0.4) is 0 Å². The Morgan fingerprint density at radius 1 is 1.17 bits per heavy atom. The Morgan fingerprint density at radius 2 is 1.81 bits per heavy atom. The molecule has 9 heteroatoms. The molecule has 2 saturated carbocycles. The third-order valence-electron chi connectivity index (χ3n) is 7.90. The van der Waals surface area contributed by atoms with Crippen molar-refractivity contribution in [1.82, 2.24) is 0 Å². The van der Waals surface area contributed by atoms with Crippen molar-refractivity contribution < 1.29 is 41.7 Å². The maximum Gasteiger partial charge on any atom is 0.438 e. The van der Waals surface area contributed by atoms with Gasteiger partial charge in [0.05, 0.1) is 12.2 Å². The third kappa shape index (κ3) is 5.32. The monoisotopic (exact) mass is 518 g/mol. The highest BCUT2D eigenvalue weighted by Gasteiger charge is 2.70. The van der Waals surface area contributed by atoms with Gasteiger partial charge in [0.15, 0.2) is 0 Å². The van der Waals surface area contributed by atoms with E-state index in [1.165, 1.54) is 5.57 Å². The molecule has 0 radical (unpaired) electrons. The predicted molar refractivity (Wildman–Crippen MR) is 123 cm³/mol. The minimum Gasteiger partial charge on any atom is -0.393 e. The van der Waals surface area contributed by atoms with Gasteiger partial charge in [0.1, 0.15) is 0 Å². The lowest BCUT2D eigenvalue weighted by Gasteiger charge is -2.42. The number of alkyl halides is 6. The van der Waals surface area contributed by atoms with Crippen molar-refractivity contribution in [1.29, 1.82) is 0 Å². The molecule has 5 atom stereocenters. The van der Waals surface area contributed by atoms with Gasteiger partial charge in [-0.2, -0.15) is 26.3 Å². The van der Waals surface area contributed by atoms with Crippen molar-refractivity contribution in [3.05, 3.63) is 47.1 Å². The lowest BCUT2D eigenvalue weighted by atomic mass is 9.62. The molecular formula is C27H32F6O3. The summed E-state index contributed by atoms with van der Waals surface area (Å²) >= 11 is 0. The number of aliphatic hydroxyl groups excluding tert-OH is 2. The van der Waals surface area contributed by atoms with Gasteiger partial charge in [-0.1, -0.05) is 55.7 Å². The Kier molecular flexibility index (Phi) is 7.96. The van der Waals surface area contributed by atoms with Gasteiger partial charge in [-0.05, 0) is 66.4 Å². The molecule has 2 fully saturated rings. The van der Waals surface area contributed by atoms with Gasteiger partial charge in [-0.3, -0.25) is 0 Å². The quantitative estimate of drug-likeness (QED) is 0.247. The van der Waals surface area contributed by atoms with Crippen LogP contribution in [0.4, 0.5) is 26.3 Å². The molecule has 0 amide bonds. The maximum absolute atomic E-state index is 12.9. The Bertz CT molecular complexity index is 1010. The van der Waals surface area contributed by atoms with E-state index < -0.39 is 30.2 Å². The van der Waals surface area contributed by atoms with Crippen LogP contribution >= 0.6 is 0 Å². The van der Waals surface area contributed by atoms with Gasteiger partial charge >= 0.3 is 18.0 Å². The summed E-state index contributed by atoms with van der Waals surface area (Å²) in [5.41, 5.74) is -1.86. The first kappa shape index (κ1) is 28.5. The van der Waals surface area contributed by atoms with Crippen molar-refractivity contribution in [3.8, 4) is 11.8 Å². The highest BCUT2D eigenvalue weighted by atomic mass is 19.4. The van der Waals surface area contributed by atoms with Gasteiger partial charge in [0, 0.05) is 12.8 Å². The summed E-state index contributed by atoms with van der Waals surface area (Å²) in [6.45, 7) is 7.72. The second kappa shape index (κ2) is 10.0. The van der Waals surface area contributed by atoms with Crippen molar-refractivity contribution in [2.75, 3.05) is 0 Å². The summed E-state index contributed by atoms with van der Waals surface area (Å²) in [4.78, 5) is 0. The number of aliphatic hydroxyl groups is 3. The largest absolute Gasteiger partial charge is 0.438 e. The molecule has 0 aliphatic heterocycles. The molecule has 3 nitrogen and oxygen atoms in total.